The minimum absolute atomic E-state index is 0.197. The molecule has 21 heavy (non-hydrogen) atoms. The van der Waals surface area contributed by atoms with E-state index in [1.54, 1.807) is 13.0 Å². The molecule has 0 saturated carbocycles. The molecule has 7 heteroatoms. The van der Waals surface area contributed by atoms with Gasteiger partial charge in [-0.05, 0) is 30.2 Å². The van der Waals surface area contributed by atoms with Crippen molar-refractivity contribution < 1.29 is 22.7 Å². The maximum absolute atomic E-state index is 12.8. The molecule has 0 saturated heterocycles. The highest BCUT2D eigenvalue weighted by Crippen LogP contribution is 2.40. The van der Waals surface area contributed by atoms with E-state index >= 15 is 0 Å². The number of anilines is 1. The van der Waals surface area contributed by atoms with Gasteiger partial charge in [0.2, 0.25) is 0 Å². The van der Waals surface area contributed by atoms with Gasteiger partial charge in [0.1, 0.15) is 4.88 Å². The van der Waals surface area contributed by atoms with E-state index in [0.29, 0.717) is 16.0 Å². The molecule has 3 nitrogen and oxygen atoms in total. The predicted octanol–water partition coefficient (Wildman–Crippen LogP) is 4.11. The highest BCUT2D eigenvalue weighted by atomic mass is 32.1. The van der Waals surface area contributed by atoms with Crippen molar-refractivity contribution in [2.75, 3.05) is 12.8 Å². The average molecular weight is 315 g/mol. The normalized spacial score (nSPS) is 11.5. The highest BCUT2D eigenvalue weighted by molar-refractivity contribution is 7.18. The van der Waals surface area contributed by atoms with Crippen molar-refractivity contribution in [2.45, 2.75) is 13.1 Å². The molecule has 0 bridgehead atoms. The molecule has 1 aromatic heterocycles. The van der Waals surface area contributed by atoms with Gasteiger partial charge < -0.3 is 10.5 Å². The molecule has 0 atom stereocenters. The molecule has 2 N–H and O–H groups in total. The lowest BCUT2D eigenvalue weighted by atomic mass is 10.1. The number of methoxy groups -OCH3 is 1. The molecule has 0 aliphatic heterocycles. The van der Waals surface area contributed by atoms with E-state index in [0.717, 1.165) is 23.5 Å². The second-order valence-electron chi connectivity index (χ2n) is 4.37. The van der Waals surface area contributed by atoms with Gasteiger partial charge in [-0.3, -0.25) is 0 Å². The highest BCUT2D eigenvalue weighted by Gasteiger charge is 2.31. The van der Waals surface area contributed by atoms with Crippen LogP contribution in [0.2, 0.25) is 0 Å². The summed E-state index contributed by atoms with van der Waals surface area (Å²) in [5, 5.41) is 0. The van der Waals surface area contributed by atoms with Crippen molar-refractivity contribution in [3.8, 4) is 10.4 Å². The molecule has 0 amide bonds. The fourth-order valence-electron chi connectivity index (χ4n) is 1.88. The molecule has 0 aliphatic carbocycles. The van der Waals surface area contributed by atoms with Crippen molar-refractivity contribution >= 4 is 23.0 Å². The molecule has 1 heterocycles. The number of carbonyl (C=O) groups excluding carboxylic acids is 1. The van der Waals surface area contributed by atoms with Crippen molar-refractivity contribution in [1.82, 2.24) is 0 Å². The lowest BCUT2D eigenvalue weighted by molar-refractivity contribution is -0.137. The Morgan fingerprint density at radius 2 is 2.00 bits per heavy atom. The number of carbonyl (C=O) groups is 1. The summed E-state index contributed by atoms with van der Waals surface area (Å²) in [7, 11) is 1.22. The third-order valence-corrected chi connectivity index (χ3v) is 4.35. The number of hydrogen-bond donors (Lipinski definition) is 1. The van der Waals surface area contributed by atoms with Gasteiger partial charge in [-0.1, -0.05) is 12.1 Å². The maximum atomic E-state index is 12.8. The molecule has 0 radical (unpaired) electrons. The maximum Gasteiger partial charge on any atom is 0.416 e. The first-order valence-corrected chi connectivity index (χ1v) is 6.72. The quantitative estimate of drug-likeness (QED) is 0.849. The molecule has 2 aromatic rings. The Morgan fingerprint density at radius 3 is 2.57 bits per heavy atom. The van der Waals surface area contributed by atoms with E-state index in [-0.39, 0.29) is 10.6 Å². The van der Waals surface area contributed by atoms with Gasteiger partial charge in [-0.25, -0.2) is 4.79 Å². The largest absolute Gasteiger partial charge is 0.465 e. The van der Waals surface area contributed by atoms with Crippen LogP contribution in [-0.2, 0) is 10.9 Å². The van der Waals surface area contributed by atoms with Crippen LogP contribution in [0.3, 0.4) is 0 Å². The molecule has 112 valence electrons. The van der Waals surface area contributed by atoms with Gasteiger partial charge in [-0.15, -0.1) is 11.3 Å². The van der Waals surface area contributed by atoms with Crippen LogP contribution < -0.4 is 5.73 Å². The third kappa shape index (κ3) is 2.87. The second kappa shape index (κ2) is 5.40. The summed E-state index contributed by atoms with van der Waals surface area (Å²) in [6.45, 7) is 1.66. The second-order valence-corrected chi connectivity index (χ2v) is 5.39. The fraction of sp³-hybridized carbons (Fsp3) is 0.214. The van der Waals surface area contributed by atoms with Crippen LogP contribution in [-0.4, -0.2) is 13.1 Å². The number of nitrogens with two attached hydrogens (primary N) is 1. The zero-order valence-corrected chi connectivity index (χ0v) is 12.1. The summed E-state index contributed by atoms with van der Waals surface area (Å²) in [4.78, 5) is 12.3. The number of alkyl halides is 3. The number of rotatable bonds is 2. The summed E-state index contributed by atoms with van der Waals surface area (Å²) in [6.07, 6.45) is -4.42. The Balaban J connectivity index is 2.55. The average Bonchev–Trinajstić information content (AvgIpc) is 2.74. The monoisotopic (exact) mass is 315 g/mol. The first kappa shape index (κ1) is 15.4. The molecule has 1 aromatic carbocycles. The molecular weight excluding hydrogens is 303 g/mol. The lowest BCUT2D eigenvalue weighted by Gasteiger charge is -2.08. The number of thiophene rings is 1. The van der Waals surface area contributed by atoms with Gasteiger partial charge in [0, 0.05) is 4.88 Å². The third-order valence-electron chi connectivity index (χ3n) is 3.02. The van der Waals surface area contributed by atoms with Crippen LogP contribution >= 0.6 is 11.3 Å². The number of nitrogen functional groups attached to an aromatic ring is 1. The zero-order chi connectivity index (χ0) is 15.8. The van der Waals surface area contributed by atoms with Gasteiger partial charge >= 0.3 is 12.1 Å². The van der Waals surface area contributed by atoms with Gasteiger partial charge in [0.05, 0.1) is 18.4 Å². The Kier molecular flexibility index (Phi) is 3.95. The summed E-state index contributed by atoms with van der Waals surface area (Å²) >= 11 is 1.02. The molecule has 0 aliphatic rings. The molecule has 0 unspecified atom stereocenters. The minimum Gasteiger partial charge on any atom is -0.465 e. The Morgan fingerprint density at radius 1 is 1.33 bits per heavy atom. The van der Waals surface area contributed by atoms with Crippen LogP contribution in [0.1, 0.15) is 20.8 Å². The smallest absolute Gasteiger partial charge is 0.416 e. The van der Waals surface area contributed by atoms with Crippen LogP contribution in [0.15, 0.2) is 24.3 Å². The molecule has 0 fully saturated rings. The van der Waals surface area contributed by atoms with Crippen molar-refractivity contribution in [3.63, 3.8) is 0 Å². The minimum atomic E-state index is -4.42. The number of halogens is 3. The van der Waals surface area contributed by atoms with E-state index in [9.17, 15) is 18.0 Å². The number of ether oxygens (including phenoxy) is 1. The number of esters is 1. The Bertz CT molecular complexity index is 692. The van der Waals surface area contributed by atoms with Crippen LogP contribution in [0.4, 0.5) is 18.9 Å². The number of benzene rings is 1. The SMILES string of the molecule is COC(=O)c1sc(-c2cccc(C(F)(F)F)c2)c(C)c1N. The molecule has 0 spiro atoms. The Labute approximate surface area is 123 Å². The topological polar surface area (TPSA) is 52.3 Å². The molecular formula is C14H12F3NO2S. The number of hydrogen-bond acceptors (Lipinski definition) is 4. The molecule has 2 rings (SSSR count). The van der Waals surface area contributed by atoms with E-state index in [4.69, 9.17) is 5.73 Å². The lowest BCUT2D eigenvalue weighted by Crippen LogP contribution is -2.04. The first-order chi connectivity index (χ1) is 9.75. The fourth-order valence-corrected chi connectivity index (χ4v) is 3.02. The van der Waals surface area contributed by atoms with Crippen LogP contribution in [0.25, 0.3) is 10.4 Å². The van der Waals surface area contributed by atoms with Crippen molar-refractivity contribution in [3.05, 3.63) is 40.3 Å². The summed E-state index contributed by atoms with van der Waals surface area (Å²) in [6, 6.07) is 4.91. The van der Waals surface area contributed by atoms with Crippen molar-refractivity contribution in [1.29, 1.82) is 0 Å². The van der Waals surface area contributed by atoms with Crippen LogP contribution in [0, 0.1) is 6.92 Å². The zero-order valence-electron chi connectivity index (χ0n) is 11.2. The first-order valence-electron chi connectivity index (χ1n) is 5.90. The standard InChI is InChI=1S/C14H12F3NO2S/c1-7-10(18)12(13(19)20-2)21-11(7)8-4-3-5-9(6-8)14(15,16)17/h3-6H,18H2,1-2H3. The van der Waals surface area contributed by atoms with Crippen LogP contribution in [0.5, 0.6) is 0 Å². The van der Waals surface area contributed by atoms with Gasteiger partial charge in [0.15, 0.2) is 0 Å². The summed E-state index contributed by atoms with van der Waals surface area (Å²) < 4.78 is 42.9. The summed E-state index contributed by atoms with van der Waals surface area (Å²) in [5.74, 6) is -0.598. The summed E-state index contributed by atoms with van der Waals surface area (Å²) in [5.41, 5.74) is 6.26. The van der Waals surface area contributed by atoms with Gasteiger partial charge in [0.25, 0.3) is 0 Å². The van der Waals surface area contributed by atoms with E-state index in [1.165, 1.54) is 13.2 Å². The van der Waals surface area contributed by atoms with Crippen molar-refractivity contribution in [2.24, 2.45) is 0 Å². The van der Waals surface area contributed by atoms with Gasteiger partial charge in [-0.2, -0.15) is 13.2 Å². The van der Waals surface area contributed by atoms with E-state index < -0.39 is 17.7 Å². The van der Waals surface area contributed by atoms with E-state index in [1.807, 2.05) is 0 Å². The Hall–Kier alpha value is -2.02. The predicted molar refractivity (Wildman–Crippen MR) is 75.2 cm³/mol. The van der Waals surface area contributed by atoms with E-state index in [2.05, 4.69) is 4.74 Å².